The maximum Gasteiger partial charge on any atom is 0.208 e. The van der Waals surface area contributed by atoms with Gasteiger partial charge in [-0.05, 0) is 25.3 Å². The molecule has 6 heteroatoms. The van der Waals surface area contributed by atoms with E-state index in [4.69, 9.17) is 0 Å². The zero-order valence-corrected chi connectivity index (χ0v) is 13.1. The van der Waals surface area contributed by atoms with Crippen LogP contribution < -0.4 is 10.2 Å². The fraction of sp³-hybridized carbons (Fsp3) is 0.833. The first-order valence-corrected chi connectivity index (χ1v) is 8.22. The van der Waals surface area contributed by atoms with Crippen LogP contribution in [-0.2, 0) is 0 Å². The SMILES string of the molecule is CCNC1CCC(Sc2nnc(N(C)C)s2)C1C. The second-order valence-corrected chi connectivity index (χ2v) is 7.44. The second kappa shape index (κ2) is 6.21. The molecule has 102 valence electrons. The third-order valence-corrected chi connectivity index (χ3v) is 6.16. The number of thioether (sulfide) groups is 1. The Morgan fingerprint density at radius 2 is 2.17 bits per heavy atom. The van der Waals surface area contributed by atoms with Crippen molar-refractivity contribution in [1.29, 1.82) is 0 Å². The maximum atomic E-state index is 4.28. The maximum absolute atomic E-state index is 4.28. The largest absolute Gasteiger partial charge is 0.353 e. The number of rotatable bonds is 5. The molecule has 0 spiro atoms. The van der Waals surface area contributed by atoms with Gasteiger partial charge in [0.25, 0.3) is 0 Å². The van der Waals surface area contributed by atoms with E-state index in [1.807, 2.05) is 30.8 Å². The molecule has 1 aliphatic rings. The third kappa shape index (κ3) is 3.16. The van der Waals surface area contributed by atoms with Crippen molar-refractivity contribution in [2.45, 2.75) is 42.3 Å². The molecule has 0 amide bonds. The van der Waals surface area contributed by atoms with Crippen molar-refractivity contribution in [3.05, 3.63) is 0 Å². The Labute approximate surface area is 118 Å². The average Bonchev–Trinajstić information content (AvgIpc) is 2.91. The van der Waals surface area contributed by atoms with Crippen LogP contribution in [0.25, 0.3) is 0 Å². The van der Waals surface area contributed by atoms with Crippen molar-refractivity contribution in [3.63, 3.8) is 0 Å². The molecule has 1 aromatic rings. The molecule has 0 bridgehead atoms. The van der Waals surface area contributed by atoms with Crippen molar-refractivity contribution in [2.75, 3.05) is 25.5 Å². The molecule has 1 aliphatic carbocycles. The highest BCUT2D eigenvalue weighted by atomic mass is 32.2. The molecule has 0 aliphatic heterocycles. The molecular formula is C12H22N4S2. The number of nitrogens with zero attached hydrogens (tertiary/aromatic N) is 3. The van der Waals surface area contributed by atoms with Gasteiger partial charge in [0.1, 0.15) is 0 Å². The van der Waals surface area contributed by atoms with Crippen molar-refractivity contribution in [3.8, 4) is 0 Å². The van der Waals surface area contributed by atoms with E-state index >= 15 is 0 Å². The topological polar surface area (TPSA) is 41.1 Å². The zero-order chi connectivity index (χ0) is 13.1. The monoisotopic (exact) mass is 286 g/mol. The van der Waals surface area contributed by atoms with Gasteiger partial charge in [-0.1, -0.05) is 36.9 Å². The summed E-state index contributed by atoms with van der Waals surface area (Å²) < 4.78 is 1.10. The van der Waals surface area contributed by atoms with Crippen LogP contribution in [0.4, 0.5) is 5.13 Å². The standard InChI is InChI=1S/C12H22N4S2/c1-5-13-9-6-7-10(8(9)2)17-12-15-14-11(18-12)16(3)4/h8-10,13H,5-7H2,1-4H3. The van der Waals surface area contributed by atoms with Crippen LogP contribution in [0.2, 0.25) is 0 Å². The van der Waals surface area contributed by atoms with Crippen molar-refractivity contribution >= 4 is 28.2 Å². The predicted octanol–water partition coefficient (Wildman–Crippen LogP) is 2.47. The van der Waals surface area contributed by atoms with Gasteiger partial charge in [0, 0.05) is 25.4 Å². The molecule has 1 saturated carbocycles. The third-order valence-electron chi connectivity index (χ3n) is 3.48. The Morgan fingerprint density at radius 3 is 2.78 bits per heavy atom. The van der Waals surface area contributed by atoms with E-state index < -0.39 is 0 Å². The fourth-order valence-corrected chi connectivity index (χ4v) is 4.70. The van der Waals surface area contributed by atoms with E-state index in [1.54, 1.807) is 11.3 Å². The minimum Gasteiger partial charge on any atom is -0.353 e. The van der Waals surface area contributed by atoms with Crippen LogP contribution in [0.1, 0.15) is 26.7 Å². The fourth-order valence-electron chi connectivity index (χ4n) is 2.41. The van der Waals surface area contributed by atoms with E-state index in [9.17, 15) is 0 Å². The Balaban J connectivity index is 1.93. The van der Waals surface area contributed by atoms with Crippen LogP contribution in [-0.4, -0.2) is 42.1 Å². The molecule has 1 heterocycles. The number of anilines is 1. The zero-order valence-electron chi connectivity index (χ0n) is 11.5. The van der Waals surface area contributed by atoms with E-state index in [-0.39, 0.29) is 0 Å². The lowest BCUT2D eigenvalue weighted by Gasteiger charge is -2.19. The summed E-state index contributed by atoms with van der Waals surface area (Å²) >= 11 is 3.60. The molecule has 18 heavy (non-hydrogen) atoms. The number of nitrogens with one attached hydrogen (secondary N) is 1. The van der Waals surface area contributed by atoms with Gasteiger partial charge in [-0.2, -0.15) is 0 Å². The normalized spacial score (nSPS) is 27.7. The minimum atomic E-state index is 0.675. The molecule has 2 rings (SSSR count). The summed E-state index contributed by atoms with van der Waals surface area (Å²) in [5.41, 5.74) is 0. The summed E-state index contributed by atoms with van der Waals surface area (Å²) in [6.45, 7) is 5.60. The average molecular weight is 286 g/mol. The number of aromatic nitrogens is 2. The van der Waals surface area contributed by atoms with Gasteiger partial charge < -0.3 is 10.2 Å². The van der Waals surface area contributed by atoms with Crippen LogP contribution in [0.5, 0.6) is 0 Å². The van der Waals surface area contributed by atoms with Crippen LogP contribution in [0, 0.1) is 5.92 Å². The van der Waals surface area contributed by atoms with Crippen molar-refractivity contribution in [2.24, 2.45) is 5.92 Å². The van der Waals surface area contributed by atoms with E-state index in [0.717, 1.165) is 16.0 Å². The van der Waals surface area contributed by atoms with Crippen LogP contribution in [0.15, 0.2) is 4.34 Å². The van der Waals surface area contributed by atoms with E-state index in [2.05, 4.69) is 29.4 Å². The van der Waals surface area contributed by atoms with Crippen molar-refractivity contribution < 1.29 is 0 Å². The van der Waals surface area contributed by atoms with Crippen LogP contribution >= 0.6 is 23.1 Å². The van der Waals surface area contributed by atoms with Crippen LogP contribution in [0.3, 0.4) is 0 Å². The highest BCUT2D eigenvalue weighted by Crippen LogP contribution is 2.40. The number of hydrogen-bond acceptors (Lipinski definition) is 6. The summed E-state index contributed by atoms with van der Waals surface area (Å²) in [7, 11) is 4.02. The molecule has 0 saturated heterocycles. The molecule has 1 N–H and O–H groups in total. The lowest BCUT2D eigenvalue weighted by atomic mass is 10.1. The van der Waals surface area contributed by atoms with Crippen molar-refractivity contribution in [1.82, 2.24) is 15.5 Å². The van der Waals surface area contributed by atoms with Gasteiger partial charge in [-0.3, -0.25) is 0 Å². The first-order chi connectivity index (χ1) is 8.61. The second-order valence-electron chi connectivity index (χ2n) is 5.00. The highest BCUT2D eigenvalue weighted by Gasteiger charge is 2.33. The molecule has 4 nitrogen and oxygen atoms in total. The molecule has 3 unspecified atom stereocenters. The Hall–Kier alpha value is -0.330. The Morgan fingerprint density at radius 1 is 1.39 bits per heavy atom. The van der Waals surface area contributed by atoms with Gasteiger partial charge in [-0.15, -0.1) is 10.2 Å². The summed E-state index contributed by atoms with van der Waals surface area (Å²) in [4.78, 5) is 2.02. The van der Waals surface area contributed by atoms with E-state index in [1.165, 1.54) is 12.8 Å². The number of hydrogen-bond donors (Lipinski definition) is 1. The minimum absolute atomic E-state index is 0.675. The van der Waals surface area contributed by atoms with Gasteiger partial charge in [0.05, 0.1) is 0 Å². The van der Waals surface area contributed by atoms with Gasteiger partial charge in [0.15, 0.2) is 4.34 Å². The molecular weight excluding hydrogens is 264 g/mol. The molecule has 1 fully saturated rings. The van der Waals surface area contributed by atoms with Gasteiger partial charge >= 0.3 is 0 Å². The van der Waals surface area contributed by atoms with Gasteiger partial charge in [-0.25, -0.2) is 0 Å². The van der Waals surface area contributed by atoms with E-state index in [0.29, 0.717) is 17.2 Å². The molecule has 1 aromatic heterocycles. The Bertz CT molecular complexity index is 380. The summed E-state index contributed by atoms with van der Waals surface area (Å²) in [6.07, 6.45) is 2.56. The Kier molecular flexibility index (Phi) is 4.86. The summed E-state index contributed by atoms with van der Waals surface area (Å²) in [6, 6.07) is 0.675. The summed E-state index contributed by atoms with van der Waals surface area (Å²) in [5.74, 6) is 0.710. The molecule has 0 aromatic carbocycles. The van der Waals surface area contributed by atoms with Gasteiger partial charge in [0.2, 0.25) is 5.13 Å². The first kappa shape index (κ1) is 14.1. The quantitative estimate of drug-likeness (QED) is 0.900. The smallest absolute Gasteiger partial charge is 0.208 e. The summed E-state index contributed by atoms with van der Waals surface area (Å²) in [5, 5.41) is 13.7. The molecule has 0 radical (unpaired) electrons. The highest BCUT2D eigenvalue weighted by molar-refractivity contribution is 8.01. The molecule has 3 atom stereocenters. The lowest BCUT2D eigenvalue weighted by Crippen LogP contribution is -2.32. The lowest BCUT2D eigenvalue weighted by molar-refractivity contribution is 0.441. The first-order valence-electron chi connectivity index (χ1n) is 6.52. The predicted molar refractivity (Wildman–Crippen MR) is 79.7 cm³/mol.